The van der Waals surface area contributed by atoms with Crippen molar-refractivity contribution in [3.05, 3.63) is 79.7 Å². The van der Waals surface area contributed by atoms with Gasteiger partial charge in [0.2, 0.25) is 0 Å². The first-order valence-electron chi connectivity index (χ1n) is 17.1. The number of H-pyrrole nitrogens is 3. The zero-order chi connectivity index (χ0) is 37.9. The molecule has 0 saturated carbocycles. The monoisotopic (exact) mass is 703 g/mol. The molecule has 0 spiro atoms. The summed E-state index contributed by atoms with van der Waals surface area (Å²) in [6.07, 6.45) is 15.2. The molecule has 0 aliphatic rings. The summed E-state index contributed by atoms with van der Waals surface area (Å²) in [7, 11) is 0. The molecule has 0 atom stereocenters. The van der Waals surface area contributed by atoms with E-state index in [-0.39, 0.29) is 21.8 Å². The fourth-order valence-electron chi connectivity index (χ4n) is 4.95. The van der Waals surface area contributed by atoms with Crippen LogP contribution in [0, 0.1) is 0 Å². The highest BCUT2D eigenvalue weighted by molar-refractivity contribution is 5.75. The summed E-state index contributed by atoms with van der Waals surface area (Å²) in [5.74, 6) is 1.77. The van der Waals surface area contributed by atoms with Crippen LogP contribution in [0.2, 0.25) is 0 Å². The summed E-state index contributed by atoms with van der Waals surface area (Å²) < 4.78 is 2.05. The Morgan fingerprint density at radius 2 is 1.25 bits per heavy atom. The van der Waals surface area contributed by atoms with E-state index in [4.69, 9.17) is 0 Å². The number of nitrogens with zero attached hydrogens (tertiary/aromatic N) is 12. The maximum absolute atomic E-state index is 4.38. The second kappa shape index (κ2) is 14.5. The average Bonchev–Trinajstić information content (AvgIpc) is 3.89. The molecule has 15 heteroatoms. The molecule has 8 aromatic rings. The molecule has 8 rings (SSSR count). The van der Waals surface area contributed by atoms with Crippen LogP contribution < -0.4 is 0 Å². The van der Waals surface area contributed by atoms with Crippen molar-refractivity contribution in [2.75, 3.05) is 0 Å². The van der Waals surface area contributed by atoms with Crippen LogP contribution in [0.3, 0.4) is 0 Å². The molecule has 52 heavy (non-hydrogen) atoms. The number of aromatic amines is 3. The first-order chi connectivity index (χ1) is 24.3. The Labute approximate surface area is 303 Å². The van der Waals surface area contributed by atoms with Crippen LogP contribution in [0.4, 0.5) is 0 Å². The average molecular weight is 704 g/mol. The Bertz CT molecular complexity index is 2310. The van der Waals surface area contributed by atoms with E-state index in [1.54, 1.807) is 43.9 Å². The summed E-state index contributed by atoms with van der Waals surface area (Å²) in [5, 5.41) is 0. The van der Waals surface area contributed by atoms with Gasteiger partial charge in [0.25, 0.3) is 0 Å². The van der Waals surface area contributed by atoms with Crippen LogP contribution in [0.5, 0.6) is 0 Å². The lowest BCUT2D eigenvalue weighted by molar-refractivity contribution is 0.406. The smallest absolute Gasteiger partial charge is 0.180 e. The fraction of sp³-hybridized carbons (Fsp3) is 0.432. The summed E-state index contributed by atoms with van der Waals surface area (Å²) >= 11 is 0. The molecule has 0 fully saturated rings. The topological polar surface area (TPSA) is 194 Å². The lowest BCUT2D eigenvalue weighted by Gasteiger charge is -2.20. The first-order valence-corrected chi connectivity index (χ1v) is 17.1. The van der Waals surface area contributed by atoms with Crippen molar-refractivity contribution in [1.29, 1.82) is 0 Å². The van der Waals surface area contributed by atoms with E-state index in [1.807, 2.05) is 16.8 Å². The number of fused-ring (bicyclic) bond motifs is 4. The zero-order valence-corrected chi connectivity index (χ0v) is 32.1. The van der Waals surface area contributed by atoms with Crippen LogP contribution in [0.15, 0.2) is 62.5 Å². The van der Waals surface area contributed by atoms with Crippen molar-refractivity contribution in [3.8, 4) is 0 Å². The SMILES string of the molecule is CC(C)(C)c1ccnc2nc[nH]c12.CC(C)(C)c1nc2ncncc2[nH]1.CC(C)(C)c1ncc2[nH]cnc2n1.CC(C)(C)n1cnc2cncnc21. The maximum Gasteiger partial charge on any atom is 0.180 e. The number of aromatic nitrogens is 15. The second-order valence-corrected chi connectivity index (χ2v) is 16.4. The van der Waals surface area contributed by atoms with Crippen molar-refractivity contribution in [3.63, 3.8) is 0 Å². The van der Waals surface area contributed by atoms with E-state index >= 15 is 0 Å². The summed E-state index contributed by atoms with van der Waals surface area (Å²) in [6.45, 7) is 25.5. The summed E-state index contributed by atoms with van der Waals surface area (Å²) in [5.41, 5.74) is 8.25. The molecule has 8 aromatic heterocycles. The van der Waals surface area contributed by atoms with Gasteiger partial charge in [0.05, 0.1) is 43.1 Å². The zero-order valence-electron chi connectivity index (χ0n) is 32.1. The van der Waals surface area contributed by atoms with Gasteiger partial charge in [-0.3, -0.25) is 0 Å². The Hall–Kier alpha value is -5.73. The van der Waals surface area contributed by atoms with Gasteiger partial charge in [0.15, 0.2) is 22.6 Å². The molecule has 8 heterocycles. The van der Waals surface area contributed by atoms with Gasteiger partial charge < -0.3 is 19.5 Å². The van der Waals surface area contributed by atoms with E-state index in [0.29, 0.717) is 0 Å². The third-order valence-electron chi connectivity index (χ3n) is 7.79. The molecular weight excluding hydrogens is 655 g/mol. The quantitative estimate of drug-likeness (QED) is 0.145. The lowest BCUT2D eigenvalue weighted by atomic mass is 9.87. The van der Waals surface area contributed by atoms with Gasteiger partial charge >= 0.3 is 0 Å². The molecule has 272 valence electrons. The number of imidazole rings is 4. The number of nitrogens with one attached hydrogen (secondary N) is 3. The first kappa shape index (κ1) is 37.5. The normalized spacial score (nSPS) is 12.2. The molecule has 0 unspecified atom stereocenters. The van der Waals surface area contributed by atoms with Crippen LogP contribution in [0.1, 0.15) is 100 Å². The molecule has 0 radical (unpaired) electrons. The van der Waals surface area contributed by atoms with E-state index in [1.165, 1.54) is 11.9 Å². The predicted molar refractivity (Wildman–Crippen MR) is 204 cm³/mol. The number of hydrogen-bond donors (Lipinski definition) is 3. The van der Waals surface area contributed by atoms with Crippen molar-refractivity contribution < 1.29 is 0 Å². The Balaban J connectivity index is 0.000000134. The van der Waals surface area contributed by atoms with Crippen molar-refractivity contribution in [1.82, 2.24) is 74.3 Å². The molecule has 15 nitrogen and oxygen atoms in total. The van der Waals surface area contributed by atoms with Gasteiger partial charge in [0.1, 0.15) is 40.9 Å². The van der Waals surface area contributed by atoms with Crippen LogP contribution >= 0.6 is 0 Å². The summed E-state index contributed by atoms with van der Waals surface area (Å²) in [6, 6.07) is 2.04. The van der Waals surface area contributed by atoms with E-state index in [9.17, 15) is 0 Å². The van der Waals surface area contributed by atoms with Gasteiger partial charge in [-0.15, -0.1) is 0 Å². The third-order valence-corrected chi connectivity index (χ3v) is 7.79. The summed E-state index contributed by atoms with van der Waals surface area (Å²) in [4.78, 5) is 55.0. The number of hydrogen-bond acceptors (Lipinski definition) is 11. The minimum atomic E-state index is -0.0207. The van der Waals surface area contributed by atoms with Crippen LogP contribution in [0.25, 0.3) is 44.7 Å². The Morgan fingerprint density at radius 3 is 1.92 bits per heavy atom. The Morgan fingerprint density at radius 1 is 0.577 bits per heavy atom. The van der Waals surface area contributed by atoms with E-state index < -0.39 is 0 Å². The highest BCUT2D eigenvalue weighted by Crippen LogP contribution is 2.27. The lowest BCUT2D eigenvalue weighted by Crippen LogP contribution is -2.20. The predicted octanol–water partition coefficient (Wildman–Crippen LogP) is 7.14. The Kier molecular flexibility index (Phi) is 10.5. The molecule has 3 N–H and O–H groups in total. The van der Waals surface area contributed by atoms with Crippen molar-refractivity contribution in [2.24, 2.45) is 0 Å². The third kappa shape index (κ3) is 8.94. The van der Waals surface area contributed by atoms with Gasteiger partial charge in [-0.1, -0.05) is 62.3 Å². The van der Waals surface area contributed by atoms with Crippen molar-refractivity contribution >= 4 is 44.7 Å². The molecule has 0 aromatic carbocycles. The van der Waals surface area contributed by atoms with Gasteiger partial charge in [0, 0.05) is 22.6 Å². The molecular formula is C37H49N15. The van der Waals surface area contributed by atoms with Crippen LogP contribution in [-0.4, -0.2) is 74.3 Å². The number of pyridine rings is 1. The fourth-order valence-corrected chi connectivity index (χ4v) is 4.95. The van der Waals surface area contributed by atoms with E-state index in [0.717, 1.165) is 56.3 Å². The van der Waals surface area contributed by atoms with Gasteiger partial charge in [-0.2, -0.15) is 0 Å². The minimum Gasteiger partial charge on any atom is -0.343 e. The van der Waals surface area contributed by atoms with Gasteiger partial charge in [-0.05, 0) is 37.8 Å². The second-order valence-electron chi connectivity index (χ2n) is 16.4. The molecule has 0 aliphatic heterocycles. The van der Waals surface area contributed by atoms with E-state index in [2.05, 4.69) is 153 Å². The largest absolute Gasteiger partial charge is 0.343 e. The highest BCUT2D eigenvalue weighted by atomic mass is 15.2. The molecule has 0 saturated heterocycles. The molecule has 0 aliphatic carbocycles. The maximum atomic E-state index is 4.38. The van der Waals surface area contributed by atoms with Crippen LogP contribution in [-0.2, 0) is 21.8 Å². The number of rotatable bonds is 0. The molecule has 0 bridgehead atoms. The minimum absolute atomic E-state index is 0.0170. The van der Waals surface area contributed by atoms with Gasteiger partial charge in [-0.25, -0.2) is 54.8 Å². The standard InChI is InChI=1S/C10H13N3.3C9H12N4/c1-10(2,3)7-4-5-11-9-8(7)12-6-13-9;1-9(2,3)13-6-12-7-4-10-5-11-8(7)13;1-9(2,3)8-10-4-6-7(13-8)12-5-11-6;1-9(2,3)8-12-6-4-10-5-11-7(6)13-8/h4-6H,1-3H3,(H,11,12,13);4-6H,1-3H3;2*4-5H,1-3H3,(H,10,11,12,13). The van der Waals surface area contributed by atoms with Crippen molar-refractivity contribution in [2.45, 2.75) is 105 Å². The molecule has 0 amide bonds. The highest BCUT2D eigenvalue weighted by Gasteiger charge is 2.20.